The van der Waals surface area contributed by atoms with Gasteiger partial charge in [-0.25, -0.2) is 8.78 Å². The van der Waals surface area contributed by atoms with Crippen LogP contribution in [0.2, 0.25) is 5.02 Å². The van der Waals surface area contributed by atoms with E-state index >= 15 is 0 Å². The minimum atomic E-state index is -0.393. The molecule has 0 spiro atoms. The van der Waals surface area contributed by atoms with Gasteiger partial charge >= 0.3 is 0 Å². The first-order valence-electron chi connectivity index (χ1n) is 5.60. The summed E-state index contributed by atoms with van der Waals surface area (Å²) in [6.45, 7) is 0. The van der Waals surface area contributed by atoms with E-state index < -0.39 is 6.04 Å². The van der Waals surface area contributed by atoms with E-state index in [9.17, 15) is 8.78 Å². The molecule has 0 heterocycles. The fourth-order valence-corrected chi connectivity index (χ4v) is 2.51. The van der Waals surface area contributed by atoms with Crippen LogP contribution in [0.1, 0.15) is 17.2 Å². The molecular weight excluding hydrogens is 336 g/mol. The van der Waals surface area contributed by atoms with Crippen LogP contribution in [-0.2, 0) is 0 Å². The van der Waals surface area contributed by atoms with Crippen molar-refractivity contribution >= 4 is 27.5 Å². The molecule has 1 atom stereocenters. The topological polar surface area (TPSA) is 12.0 Å². The summed E-state index contributed by atoms with van der Waals surface area (Å²) in [5.41, 5.74) is 1.17. The fourth-order valence-electron chi connectivity index (χ4n) is 1.93. The average molecular weight is 347 g/mol. The Labute approximate surface area is 123 Å². The third kappa shape index (κ3) is 3.14. The van der Waals surface area contributed by atoms with Gasteiger partial charge in [0.2, 0.25) is 0 Å². The van der Waals surface area contributed by atoms with Crippen LogP contribution in [0.25, 0.3) is 0 Å². The Morgan fingerprint density at radius 3 is 2.42 bits per heavy atom. The van der Waals surface area contributed by atoms with Crippen molar-refractivity contribution < 1.29 is 8.78 Å². The normalized spacial score (nSPS) is 12.5. The number of halogens is 4. The summed E-state index contributed by atoms with van der Waals surface area (Å²) in [4.78, 5) is 0. The summed E-state index contributed by atoms with van der Waals surface area (Å²) in [6, 6.07) is 8.56. The molecule has 2 aromatic rings. The lowest BCUT2D eigenvalue weighted by molar-refractivity contribution is 0.574. The smallest absolute Gasteiger partial charge is 0.137 e. The number of hydrogen-bond donors (Lipinski definition) is 1. The average Bonchev–Trinajstić information content (AvgIpc) is 2.38. The van der Waals surface area contributed by atoms with Gasteiger partial charge in [0.1, 0.15) is 11.6 Å². The monoisotopic (exact) mass is 345 g/mol. The molecule has 100 valence electrons. The van der Waals surface area contributed by atoms with Crippen LogP contribution < -0.4 is 5.32 Å². The van der Waals surface area contributed by atoms with Gasteiger partial charge in [-0.1, -0.05) is 17.7 Å². The SMILES string of the molecule is CNC(c1ccc(F)c(Br)c1)c1cc(Cl)ccc1F. The van der Waals surface area contributed by atoms with E-state index in [4.69, 9.17) is 11.6 Å². The molecule has 0 radical (unpaired) electrons. The highest BCUT2D eigenvalue weighted by atomic mass is 79.9. The Balaban J connectivity index is 2.49. The second kappa shape index (κ2) is 5.99. The predicted molar refractivity (Wildman–Crippen MR) is 76.4 cm³/mol. The maximum absolute atomic E-state index is 13.9. The highest BCUT2D eigenvalue weighted by Gasteiger charge is 2.17. The zero-order chi connectivity index (χ0) is 14.0. The largest absolute Gasteiger partial charge is 0.309 e. The van der Waals surface area contributed by atoms with Crippen molar-refractivity contribution in [3.05, 3.63) is 68.7 Å². The summed E-state index contributed by atoms with van der Waals surface area (Å²) in [6.07, 6.45) is 0. The molecule has 1 N–H and O–H groups in total. The molecule has 0 fully saturated rings. The van der Waals surface area contributed by atoms with Crippen LogP contribution in [0.4, 0.5) is 8.78 Å². The number of nitrogens with one attached hydrogen (secondary N) is 1. The molecule has 0 aliphatic rings. The van der Waals surface area contributed by atoms with Gasteiger partial charge < -0.3 is 5.32 Å². The Morgan fingerprint density at radius 1 is 1.11 bits per heavy atom. The molecule has 0 saturated heterocycles. The predicted octanol–water partition coefficient (Wildman–Crippen LogP) is 4.69. The molecular formula is C14H11BrClF2N. The maximum Gasteiger partial charge on any atom is 0.137 e. The molecule has 5 heteroatoms. The van der Waals surface area contributed by atoms with E-state index in [0.717, 1.165) is 5.56 Å². The Morgan fingerprint density at radius 2 is 1.79 bits per heavy atom. The van der Waals surface area contributed by atoms with Crippen LogP contribution in [0.15, 0.2) is 40.9 Å². The standard InChI is InChI=1S/C14H11BrClF2N/c1-19-14(8-2-4-13(18)11(15)6-8)10-7-9(16)3-5-12(10)17/h2-7,14,19H,1H3. The molecule has 0 bridgehead atoms. The lowest BCUT2D eigenvalue weighted by atomic mass is 9.98. The number of hydrogen-bond acceptors (Lipinski definition) is 1. The number of benzene rings is 2. The first-order chi connectivity index (χ1) is 9.02. The Bertz CT molecular complexity index is 604. The van der Waals surface area contributed by atoms with E-state index in [1.807, 2.05) is 0 Å². The zero-order valence-electron chi connectivity index (χ0n) is 10.1. The van der Waals surface area contributed by atoms with Crippen LogP contribution in [0, 0.1) is 11.6 Å². The number of rotatable bonds is 3. The van der Waals surface area contributed by atoms with Crippen molar-refractivity contribution in [3.63, 3.8) is 0 Å². The molecule has 0 aromatic heterocycles. The van der Waals surface area contributed by atoms with Crippen molar-refractivity contribution in [3.8, 4) is 0 Å². The summed E-state index contributed by atoms with van der Waals surface area (Å²) < 4.78 is 27.5. The van der Waals surface area contributed by atoms with Crippen LogP contribution in [-0.4, -0.2) is 7.05 Å². The third-order valence-corrected chi connectivity index (χ3v) is 3.68. The molecule has 0 aliphatic heterocycles. The fraction of sp³-hybridized carbons (Fsp3) is 0.143. The minimum Gasteiger partial charge on any atom is -0.309 e. The first-order valence-corrected chi connectivity index (χ1v) is 6.77. The van der Waals surface area contributed by atoms with Crippen LogP contribution >= 0.6 is 27.5 Å². The van der Waals surface area contributed by atoms with Crippen molar-refractivity contribution in [1.82, 2.24) is 5.32 Å². The van der Waals surface area contributed by atoms with Gasteiger partial charge in [0, 0.05) is 10.6 Å². The summed E-state index contributed by atoms with van der Waals surface area (Å²) in [5.74, 6) is -0.714. The van der Waals surface area contributed by atoms with Gasteiger partial charge in [-0.3, -0.25) is 0 Å². The van der Waals surface area contributed by atoms with E-state index in [1.165, 1.54) is 18.2 Å². The molecule has 19 heavy (non-hydrogen) atoms. The quantitative estimate of drug-likeness (QED) is 0.850. The highest BCUT2D eigenvalue weighted by molar-refractivity contribution is 9.10. The molecule has 0 amide bonds. The molecule has 0 saturated carbocycles. The molecule has 2 rings (SSSR count). The summed E-state index contributed by atoms with van der Waals surface area (Å²) in [5, 5.41) is 3.46. The van der Waals surface area contributed by atoms with Crippen LogP contribution in [0.3, 0.4) is 0 Å². The summed E-state index contributed by atoms with van der Waals surface area (Å²) in [7, 11) is 1.71. The maximum atomic E-state index is 13.9. The van der Waals surface area contributed by atoms with E-state index in [2.05, 4.69) is 21.2 Å². The van der Waals surface area contributed by atoms with Crippen molar-refractivity contribution in [2.75, 3.05) is 7.05 Å². The second-order valence-electron chi connectivity index (χ2n) is 4.06. The molecule has 2 aromatic carbocycles. The highest BCUT2D eigenvalue weighted by Crippen LogP contribution is 2.29. The van der Waals surface area contributed by atoms with Gasteiger partial charge in [0.05, 0.1) is 10.5 Å². The zero-order valence-corrected chi connectivity index (χ0v) is 12.4. The van der Waals surface area contributed by atoms with E-state index in [-0.39, 0.29) is 11.6 Å². The van der Waals surface area contributed by atoms with Crippen molar-refractivity contribution in [2.24, 2.45) is 0 Å². The van der Waals surface area contributed by atoms with Gasteiger partial charge in [-0.2, -0.15) is 0 Å². The Hall–Kier alpha value is -0.970. The van der Waals surface area contributed by atoms with Crippen molar-refractivity contribution in [2.45, 2.75) is 6.04 Å². The van der Waals surface area contributed by atoms with Gasteiger partial charge in [-0.15, -0.1) is 0 Å². The van der Waals surface area contributed by atoms with E-state index in [0.29, 0.717) is 15.1 Å². The molecule has 0 aliphatic carbocycles. The molecule has 1 unspecified atom stereocenters. The molecule has 1 nitrogen and oxygen atoms in total. The van der Waals surface area contributed by atoms with Gasteiger partial charge in [-0.05, 0) is 58.9 Å². The lowest BCUT2D eigenvalue weighted by Crippen LogP contribution is -2.19. The van der Waals surface area contributed by atoms with E-state index in [1.54, 1.807) is 25.2 Å². The van der Waals surface area contributed by atoms with Gasteiger partial charge in [0.15, 0.2) is 0 Å². The summed E-state index contributed by atoms with van der Waals surface area (Å²) >= 11 is 9.02. The Kier molecular flexibility index (Phi) is 4.55. The first kappa shape index (κ1) is 14.4. The van der Waals surface area contributed by atoms with Crippen molar-refractivity contribution in [1.29, 1.82) is 0 Å². The third-order valence-electron chi connectivity index (χ3n) is 2.83. The second-order valence-corrected chi connectivity index (χ2v) is 5.35. The van der Waals surface area contributed by atoms with Crippen LogP contribution in [0.5, 0.6) is 0 Å². The lowest BCUT2D eigenvalue weighted by Gasteiger charge is -2.18. The van der Waals surface area contributed by atoms with Gasteiger partial charge in [0.25, 0.3) is 0 Å². The minimum absolute atomic E-state index is 0.340.